The van der Waals surface area contributed by atoms with Gasteiger partial charge in [-0.1, -0.05) is 0 Å². The molecule has 1 aliphatic rings. The Bertz CT molecular complexity index is 108. The fourth-order valence-electron chi connectivity index (χ4n) is 1.44. The van der Waals surface area contributed by atoms with Gasteiger partial charge < -0.3 is 14.6 Å². The van der Waals surface area contributed by atoms with Crippen LogP contribution in [0.3, 0.4) is 0 Å². The van der Waals surface area contributed by atoms with Crippen molar-refractivity contribution in [3.8, 4) is 0 Å². The summed E-state index contributed by atoms with van der Waals surface area (Å²) in [6.07, 6.45) is 3.88. The largest absolute Gasteiger partial charge is 0.393 e. The summed E-state index contributed by atoms with van der Waals surface area (Å²) in [6.45, 7) is 3.06. The summed E-state index contributed by atoms with van der Waals surface area (Å²) in [4.78, 5) is 0. The second kappa shape index (κ2) is 5.51. The zero-order valence-electron chi connectivity index (χ0n) is 7.66. The smallest absolute Gasteiger partial charge is 0.147 e. The molecule has 1 rings (SSSR count). The third-order valence-electron chi connectivity index (χ3n) is 2.23. The van der Waals surface area contributed by atoms with E-state index in [9.17, 15) is 5.11 Å². The first-order valence-corrected chi connectivity index (χ1v) is 4.70. The van der Waals surface area contributed by atoms with Crippen LogP contribution in [0, 0.1) is 0 Å². The third kappa shape index (κ3) is 3.52. The number of hydrogen-bond acceptors (Lipinski definition) is 3. The van der Waals surface area contributed by atoms with E-state index >= 15 is 0 Å². The van der Waals surface area contributed by atoms with Gasteiger partial charge in [-0.15, -0.1) is 0 Å². The second-order valence-electron chi connectivity index (χ2n) is 3.21. The second-order valence-corrected chi connectivity index (χ2v) is 3.21. The van der Waals surface area contributed by atoms with Crippen LogP contribution in [0.4, 0.5) is 0 Å². The number of rotatable bonds is 4. The molecule has 3 nitrogen and oxygen atoms in total. The number of ether oxygens (including phenoxy) is 2. The Morgan fingerprint density at radius 2 is 1.92 bits per heavy atom. The summed E-state index contributed by atoms with van der Waals surface area (Å²) < 4.78 is 10.5. The third-order valence-corrected chi connectivity index (χ3v) is 2.23. The average Bonchev–Trinajstić information content (AvgIpc) is 2.09. The molecule has 1 saturated carbocycles. The first-order chi connectivity index (χ1) is 5.83. The first kappa shape index (κ1) is 9.96. The lowest BCUT2D eigenvalue weighted by Crippen LogP contribution is -2.25. The van der Waals surface area contributed by atoms with Crippen molar-refractivity contribution in [3.63, 3.8) is 0 Å². The van der Waals surface area contributed by atoms with Crippen LogP contribution in [0.15, 0.2) is 0 Å². The molecule has 0 amide bonds. The highest BCUT2D eigenvalue weighted by molar-refractivity contribution is 4.70. The van der Waals surface area contributed by atoms with Gasteiger partial charge in [0.2, 0.25) is 0 Å². The molecule has 1 aliphatic carbocycles. The predicted molar refractivity (Wildman–Crippen MR) is 45.8 cm³/mol. The van der Waals surface area contributed by atoms with Crippen molar-refractivity contribution in [2.45, 2.75) is 44.8 Å². The Morgan fingerprint density at radius 1 is 1.25 bits per heavy atom. The predicted octanol–water partition coefficient (Wildman–Crippen LogP) is 1.30. The van der Waals surface area contributed by atoms with E-state index < -0.39 is 0 Å². The van der Waals surface area contributed by atoms with Gasteiger partial charge in [-0.05, 0) is 32.6 Å². The van der Waals surface area contributed by atoms with E-state index in [0.29, 0.717) is 19.5 Å². The molecule has 0 heterocycles. The average molecular weight is 174 g/mol. The fraction of sp³-hybridized carbons (Fsp3) is 1.00. The lowest BCUT2D eigenvalue weighted by atomic mass is 9.95. The zero-order valence-corrected chi connectivity index (χ0v) is 7.66. The molecule has 1 N–H and O–H groups in total. The molecule has 0 aromatic carbocycles. The maximum Gasteiger partial charge on any atom is 0.147 e. The van der Waals surface area contributed by atoms with E-state index in [1.807, 2.05) is 6.92 Å². The van der Waals surface area contributed by atoms with Gasteiger partial charge in [0, 0.05) is 6.61 Å². The van der Waals surface area contributed by atoms with E-state index in [1.54, 1.807) is 0 Å². The highest BCUT2D eigenvalue weighted by Crippen LogP contribution is 2.20. The van der Waals surface area contributed by atoms with Crippen LogP contribution < -0.4 is 0 Å². The molecular weight excluding hydrogens is 156 g/mol. The summed E-state index contributed by atoms with van der Waals surface area (Å²) in [5.74, 6) is 0. The van der Waals surface area contributed by atoms with E-state index in [-0.39, 0.29) is 6.10 Å². The Hall–Kier alpha value is -0.120. The first-order valence-electron chi connectivity index (χ1n) is 4.70. The van der Waals surface area contributed by atoms with E-state index in [2.05, 4.69) is 0 Å². The van der Waals surface area contributed by atoms with Gasteiger partial charge in [0.05, 0.1) is 12.2 Å². The van der Waals surface area contributed by atoms with Gasteiger partial charge in [0.15, 0.2) is 0 Å². The summed E-state index contributed by atoms with van der Waals surface area (Å²) in [5.41, 5.74) is 0. The molecule has 0 aromatic rings. The van der Waals surface area contributed by atoms with Crippen molar-refractivity contribution < 1.29 is 14.6 Å². The van der Waals surface area contributed by atoms with Gasteiger partial charge in [-0.3, -0.25) is 0 Å². The van der Waals surface area contributed by atoms with Crippen LogP contribution in [0.2, 0.25) is 0 Å². The van der Waals surface area contributed by atoms with Crippen molar-refractivity contribution in [1.82, 2.24) is 0 Å². The molecule has 0 aliphatic heterocycles. The van der Waals surface area contributed by atoms with Crippen molar-refractivity contribution in [1.29, 1.82) is 0 Å². The molecule has 0 unspecified atom stereocenters. The van der Waals surface area contributed by atoms with Gasteiger partial charge >= 0.3 is 0 Å². The van der Waals surface area contributed by atoms with Crippen molar-refractivity contribution in [2.24, 2.45) is 0 Å². The van der Waals surface area contributed by atoms with Crippen LogP contribution in [-0.4, -0.2) is 30.7 Å². The molecule has 0 saturated heterocycles. The maximum atomic E-state index is 9.21. The van der Waals surface area contributed by atoms with Gasteiger partial charge in [-0.25, -0.2) is 0 Å². The highest BCUT2D eigenvalue weighted by Gasteiger charge is 2.19. The summed E-state index contributed by atoms with van der Waals surface area (Å²) in [7, 11) is 0. The van der Waals surface area contributed by atoms with Gasteiger partial charge in [0.1, 0.15) is 6.79 Å². The maximum absolute atomic E-state index is 9.21. The summed E-state index contributed by atoms with van der Waals surface area (Å²) >= 11 is 0. The van der Waals surface area contributed by atoms with Crippen LogP contribution in [0.1, 0.15) is 32.6 Å². The normalized spacial score (nSPS) is 30.5. The topological polar surface area (TPSA) is 38.7 Å². The molecule has 0 radical (unpaired) electrons. The molecule has 0 aromatic heterocycles. The Balaban J connectivity index is 2.01. The van der Waals surface area contributed by atoms with Crippen molar-refractivity contribution in [3.05, 3.63) is 0 Å². The zero-order chi connectivity index (χ0) is 8.81. The number of hydrogen-bond donors (Lipinski definition) is 1. The van der Waals surface area contributed by atoms with E-state index in [4.69, 9.17) is 9.47 Å². The highest BCUT2D eigenvalue weighted by atomic mass is 16.7. The number of aliphatic hydroxyl groups excluding tert-OH is 1. The molecule has 0 spiro atoms. The van der Waals surface area contributed by atoms with E-state index in [0.717, 1.165) is 25.7 Å². The minimum Gasteiger partial charge on any atom is -0.393 e. The quantitative estimate of drug-likeness (QED) is 0.515. The Labute approximate surface area is 73.7 Å². The fourth-order valence-corrected chi connectivity index (χ4v) is 1.44. The molecule has 12 heavy (non-hydrogen) atoms. The van der Waals surface area contributed by atoms with Crippen molar-refractivity contribution >= 4 is 0 Å². The van der Waals surface area contributed by atoms with Crippen LogP contribution in [0.25, 0.3) is 0 Å². The lowest BCUT2D eigenvalue weighted by Gasteiger charge is -2.25. The SMILES string of the molecule is CCOCOC1CCC(O)CC1. The van der Waals surface area contributed by atoms with Crippen LogP contribution in [0.5, 0.6) is 0 Å². The minimum atomic E-state index is -0.100. The van der Waals surface area contributed by atoms with Gasteiger partial charge in [0.25, 0.3) is 0 Å². The Morgan fingerprint density at radius 3 is 2.50 bits per heavy atom. The monoisotopic (exact) mass is 174 g/mol. The van der Waals surface area contributed by atoms with Crippen LogP contribution in [-0.2, 0) is 9.47 Å². The van der Waals surface area contributed by atoms with Crippen molar-refractivity contribution in [2.75, 3.05) is 13.4 Å². The Kier molecular flexibility index (Phi) is 4.58. The number of aliphatic hydroxyl groups is 1. The molecular formula is C9H18O3. The summed E-state index contributed by atoms with van der Waals surface area (Å²) in [5, 5.41) is 9.21. The summed E-state index contributed by atoms with van der Waals surface area (Å²) in [6, 6.07) is 0. The molecule has 72 valence electrons. The molecule has 1 fully saturated rings. The van der Waals surface area contributed by atoms with Gasteiger partial charge in [-0.2, -0.15) is 0 Å². The molecule has 0 bridgehead atoms. The minimum absolute atomic E-state index is 0.100. The van der Waals surface area contributed by atoms with E-state index in [1.165, 1.54) is 0 Å². The van der Waals surface area contributed by atoms with Crippen LogP contribution >= 0.6 is 0 Å². The molecule has 3 heteroatoms. The molecule has 0 atom stereocenters. The lowest BCUT2D eigenvalue weighted by molar-refractivity contribution is -0.103. The standard InChI is InChI=1S/C9H18O3/c1-2-11-7-12-9-5-3-8(10)4-6-9/h8-10H,2-7H2,1H3.